The highest BCUT2D eigenvalue weighted by molar-refractivity contribution is 5.48. The van der Waals surface area contributed by atoms with Crippen molar-refractivity contribution in [3.63, 3.8) is 0 Å². The standard InChI is InChI=1S/C7H14NO/c1-6(2)7(3,4)8-5-9/h6H,1-4H3,(H,8,9). The quantitative estimate of drug-likeness (QED) is 0.566. The van der Waals surface area contributed by atoms with Crippen molar-refractivity contribution >= 4 is 6.41 Å². The maximum Gasteiger partial charge on any atom is 0.309 e. The molecule has 1 N–H and O–H groups in total. The van der Waals surface area contributed by atoms with Gasteiger partial charge in [0.2, 0.25) is 0 Å². The fraction of sp³-hybridized carbons (Fsp3) is 0.857. The second kappa shape index (κ2) is 2.85. The molecule has 0 heterocycles. The Hall–Kier alpha value is -0.530. The summed E-state index contributed by atoms with van der Waals surface area (Å²) in [6.07, 6.45) is 1.69. The lowest BCUT2D eigenvalue weighted by Crippen LogP contribution is -2.42. The van der Waals surface area contributed by atoms with Crippen LogP contribution in [0.1, 0.15) is 27.7 Å². The van der Waals surface area contributed by atoms with Crippen molar-refractivity contribution in [3.8, 4) is 0 Å². The SMILES string of the molecule is CC(C)C(C)(C)N[C]=O. The molecule has 2 nitrogen and oxygen atoms in total. The topological polar surface area (TPSA) is 29.1 Å². The van der Waals surface area contributed by atoms with Gasteiger partial charge in [0.1, 0.15) is 0 Å². The van der Waals surface area contributed by atoms with E-state index in [4.69, 9.17) is 0 Å². The zero-order chi connectivity index (χ0) is 7.49. The summed E-state index contributed by atoms with van der Waals surface area (Å²) in [5, 5.41) is 2.62. The highest BCUT2D eigenvalue weighted by atomic mass is 16.1. The Morgan fingerprint density at radius 1 is 1.44 bits per heavy atom. The predicted molar refractivity (Wildman–Crippen MR) is 37.7 cm³/mol. The predicted octanol–water partition coefficient (Wildman–Crippen LogP) is 1.08. The molecule has 53 valence electrons. The third-order valence-electron chi connectivity index (χ3n) is 1.82. The average Bonchev–Trinajstić information content (AvgIpc) is 1.65. The molecule has 2 heteroatoms. The Labute approximate surface area is 56.6 Å². The van der Waals surface area contributed by atoms with E-state index in [2.05, 4.69) is 19.2 Å². The molecule has 0 fully saturated rings. The number of nitrogens with one attached hydrogen (secondary N) is 1. The van der Waals surface area contributed by atoms with Gasteiger partial charge in [0.25, 0.3) is 0 Å². The highest BCUT2D eigenvalue weighted by Crippen LogP contribution is 2.13. The molecule has 9 heavy (non-hydrogen) atoms. The molecule has 1 radical (unpaired) electrons. The van der Waals surface area contributed by atoms with Crippen LogP contribution in [0, 0.1) is 5.92 Å². The summed E-state index contributed by atoms with van der Waals surface area (Å²) in [4.78, 5) is 9.89. The highest BCUT2D eigenvalue weighted by Gasteiger charge is 2.20. The van der Waals surface area contributed by atoms with Gasteiger partial charge in [0.05, 0.1) is 0 Å². The van der Waals surface area contributed by atoms with Crippen molar-refractivity contribution in [3.05, 3.63) is 0 Å². The van der Waals surface area contributed by atoms with Crippen LogP contribution in [0.5, 0.6) is 0 Å². The first-order valence-electron chi connectivity index (χ1n) is 3.15. The van der Waals surface area contributed by atoms with Crippen molar-refractivity contribution in [1.29, 1.82) is 0 Å². The Bertz CT molecular complexity index is 97.1. The van der Waals surface area contributed by atoms with Gasteiger partial charge in [0, 0.05) is 5.54 Å². The fourth-order valence-electron chi connectivity index (χ4n) is 0.276. The molecule has 0 aliphatic rings. The molecule has 0 atom stereocenters. The minimum Gasteiger partial charge on any atom is -0.343 e. The minimum absolute atomic E-state index is 0.123. The first kappa shape index (κ1) is 8.47. The molecule has 0 aliphatic heterocycles. The smallest absolute Gasteiger partial charge is 0.309 e. The fourth-order valence-corrected chi connectivity index (χ4v) is 0.276. The molecular formula is C7H14NO. The van der Waals surface area contributed by atoms with Gasteiger partial charge >= 0.3 is 6.41 Å². The van der Waals surface area contributed by atoms with E-state index in [1.165, 1.54) is 0 Å². The third-order valence-corrected chi connectivity index (χ3v) is 1.82. The second-order valence-corrected chi connectivity index (χ2v) is 3.10. The van der Waals surface area contributed by atoms with Gasteiger partial charge in [0.15, 0.2) is 0 Å². The molecular weight excluding hydrogens is 114 g/mol. The summed E-state index contributed by atoms with van der Waals surface area (Å²) in [5.74, 6) is 0.443. The van der Waals surface area contributed by atoms with Crippen LogP contribution in [0.15, 0.2) is 0 Å². The van der Waals surface area contributed by atoms with Crippen LogP contribution < -0.4 is 5.32 Å². The number of carbonyl (C=O) groups excluding carboxylic acids is 1. The van der Waals surface area contributed by atoms with E-state index in [1.54, 1.807) is 6.41 Å². The number of amides is 1. The van der Waals surface area contributed by atoms with Gasteiger partial charge in [-0.25, -0.2) is 0 Å². The molecule has 0 saturated carbocycles. The van der Waals surface area contributed by atoms with Crippen molar-refractivity contribution in [1.82, 2.24) is 5.32 Å². The van der Waals surface area contributed by atoms with Gasteiger partial charge in [-0.1, -0.05) is 13.8 Å². The normalized spacial score (nSPS) is 11.7. The largest absolute Gasteiger partial charge is 0.343 e. The number of hydrogen-bond donors (Lipinski definition) is 1. The van der Waals surface area contributed by atoms with Gasteiger partial charge in [-0.05, 0) is 19.8 Å². The lowest BCUT2D eigenvalue weighted by Gasteiger charge is -2.27. The van der Waals surface area contributed by atoms with Crippen molar-refractivity contribution in [2.45, 2.75) is 33.2 Å². The van der Waals surface area contributed by atoms with E-state index in [1.807, 2.05) is 13.8 Å². The van der Waals surface area contributed by atoms with E-state index in [-0.39, 0.29) is 5.54 Å². The van der Waals surface area contributed by atoms with Crippen LogP contribution in [0.2, 0.25) is 0 Å². The van der Waals surface area contributed by atoms with E-state index in [9.17, 15) is 4.79 Å². The van der Waals surface area contributed by atoms with E-state index in [0.29, 0.717) is 5.92 Å². The zero-order valence-corrected chi connectivity index (χ0v) is 6.49. The van der Waals surface area contributed by atoms with Crippen LogP contribution in [0.3, 0.4) is 0 Å². The Balaban J connectivity index is 3.84. The van der Waals surface area contributed by atoms with E-state index >= 15 is 0 Å². The van der Waals surface area contributed by atoms with Gasteiger partial charge in [-0.3, -0.25) is 4.79 Å². The Morgan fingerprint density at radius 2 is 1.89 bits per heavy atom. The summed E-state index contributed by atoms with van der Waals surface area (Å²) in [6, 6.07) is 0. The molecule has 0 saturated heterocycles. The van der Waals surface area contributed by atoms with Crippen LogP contribution in [-0.2, 0) is 4.79 Å². The van der Waals surface area contributed by atoms with Crippen LogP contribution in [0.4, 0.5) is 0 Å². The van der Waals surface area contributed by atoms with Crippen molar-refractivity contribution in [2.24, 2.45) is 5.92 Å². The van der Waals surface area contributed by atoms with Crippen LogP contribution in [0.25, 0.3) is 0 Å². The lowest BCUT2D eigenvalue weighted by atomic mass is 9.91. The van der Waals surface area contributed by atoms with Gasteiger partial charge < -0.3 is 5.32 Å². The molecule has 0 aliphatic carbocycles. The van der Waals surface area contributed by atoms with Gasteiger partial charge in [-0.2, -0.15) is 0 Å². The monoisotopic (exact) mass is 128 g/mol. The van der Waals surface area contributed by atoms with E-state index in [0.717, 1.165) is 0 Å². The molecule has 0 spiro atoms. The molecule has 0 aromatic heterocycles. The maximum absolute atomic E-state index is 9.89. The summed E-state index contributed by atoms with van der Waals surface area (Å²) in [5.41, 5.74) is -0.123. The van der Waals surface area contributed by atoms with Crippen molar-refractivity contribution < 1.29 is 4.79 Å². The van der Waals surface area contributed by atoms with Crippen molar-refractivity contribution in [2.75, 3.05) is 0 Å². The summed E-state index contributed by atoms with van der Waals surface area (Å²) < 4.78 is 0. The molecule has 0 rings (SSSR count). The molecule has 1 amide bonds. The number of hydrogen-bond acceptors (Lipinski definition) is 1. The molecule has 0 bridgehead atoms. The molecule has 0 unspecified atom stereocenters. The first-order chi connectivity index (χ1) is 4.00. The van der Waals surface area contributed by atoms with E-state index < -0.39 is 0 Å². The maximum atomic E-state index is 9.89. The van der Waals surface area contributed by atoms with Gasteiger partial charge in [-0.15, -0.1) is 0 Å². The summed E-state index contributed by atoms with van der Waals surface area (Å²) >= 11 is 0. The van der Waals surface area contributed by atoms with Crippen LogP contribution >= 0.6 is 0 Å². The molecule has 0 aromatic carbocycles. The molecule has 0 aromatic rings. The minimum atomic E-state index is -0.123. The second-order valence-electron chi connectivity index (χ2n) is 3.10. The summed E-state index contributed by atoms with van der Waals surface area (Å²) in [7, 11) is 0. The van der Waals surface area contributed by atoms with Crippen LogP contribution in [-0.4, -0.2) is 11.9 Å². The Kier molecular flexibility index (Phi) is 2.68. The number of rotatable bonds is 3. The third kappa shape index (κ3) is 2.49. The average molecular weight is 128 g/mol. The summed E-state index contributed by atoms with van der Waals surface area (Å²) in [6.45, 7) is 8.07. The lowest BCUT2D eigenvalue weighted by molar-refractivity contribution is 0.326. The zero-order valence-electron chi connectivity index (χ0n) is 6.49. The first-order valence-corrected chi connectivity index (χ1v) is 3.15. The Morgan fingerprint density at radius 3 is 2.00 bits per heavy atom.